The number of rotatable bonds is 7. The molecule has 2 bridgehead atoms. The van der Waals surface area contributed by atoms with Crippen molar-refractivity contribution in [1.29, 1.82) is 0 Å². The molecule has 1 aliphatic heterocycles. The highest BCUT2D eigenvalue weighted by Crippen LogP contribution is 2.66. The number of amides is 5. The number of carbonyl (C=O) groups excluding carboxylic acids is 4. The Balaban J connectivity index is 1.53. The quantitative estimate of drug-likeness (QED) is 0.627. The van der Waals surface area contributed by atoms with Gasteiger partial charge in [0.15, 0.2) is 0 Å². The lowest BCUT2D eigenvalue weighted by Crippen LogP contribution is -2.46. The molecule has 4 atom stereocenters. The van der Waals surface area contributed by atoms with Crippen molar-refractivity contribution >= 4 is 23.9 Å². The summed E-state index contributed by atoms with van der Waals surface area (Å²) in [6.07, 6.45) is 3.35. The van der Waals surface area contributed by atoms with Crippen molar-refractivity contribution in [3.8, 4) is 0 Å². The second-order valence-corrected chi connectivity index (χ2v) is 10.4. The Kier molecular flexibility index (Phi) is 5.54. The minimum atomic E-state index is -0.892. The molecule has 3 aliphatic rings. The van der Waals surface area contributed by atoms with E-state index in [1.165, 1.54) is 6.42 Å². The van der Waals surface area contributed by atoms with Gasteiger partial charge in [-0.3, -0.25) is 9.59 Å². The van der Waals surface area contributed by atoms with Crippen molar-refractivity contribution in [2.45, 2.75) is 73.3 Å². The number of urea groups is 2. The lowest BCUT2D eigenvalue weighted by molar-refractivity contribution is -0.162. The predicted octanol–water partition coefficient (Wildman–Crippen LogP) is 3.88. The van der Waals surface area contributed by atoms with Gasteiger partial charge in [-0.05, 0) is 37.0 Å². The lowest BCUT2D eigenvalue weighted by atomic mass is 9.70. The van der Waals surface area contributed by atoms with E-state index in [4.69, 9.17) is 4.74 Å². The van der Waals surface area contributed by atoms with Crippen molar-refractivity contribution in [3.05, 3.63) is 0 Å². The van der Waals surface area contributed by atoms with Crippen molar-refractivity contribution in [3.63, 3.8) is 0 Å². The number of fused-ring (bicyclic) bond motifs is 2. The maximum Gasteiger partial charge on any atom is 0.372 e. The van der Waals surface area contributed by atoms with Gasteiger partial charge in [0, 0.05) is 10.8 Å². The van der Waals surface area contributed by atoms with E-state index in [1.807, 2.05) is 0 Å². The molecule has 3 rings (SSSR count). The Bertz CT molecular complexity index is 787. The van der Waals surface area contributed by atoms with Crippen LogP contribution in [-0.2, 0) is 14.3 Å². The minimum Gasteiger partial charge on any atom is -0.462 e. The first-order chi connectivity index (χ1) is 13.8. The summed E-state index contributed by atoms with van der Waals surface area (Å²) in [5, 5.41) is 8.84. The van der Waals surface area contributed by atoms with Gasteiger partial charge in [-0.1, -0.05) is 51.8 Å². The molecule has 9 nitrogen and oxygen atoms in total. The van der Waals surface area contributed by atoms with Crippen LogP contribution in [0.2, 0.25) is 0 Å². The molecule has 166 valence electrons. The fourth-order valence-electron chi connectivity index (χ4n) is 5.31. The van der Waals surface area contributed by atoms with E-state index in [0.29, 0.717) is 5.92 Å². The third-order valence-electron chi connectivity index (χ3n) is 7.89. The molecule has 5 amide bonds. The zero-order valence-corrected chi connectivity index (χ0v) is 18.7. The van der Waals surface area contributed by atoms with E-state index in [-0.39, 0.29) is 41.9 Å². The van der Waals surface area contributed by atoms with Crippen LogP contribution in [-0.4, -0.2) is 41.6 Å². The first kappa shape index (κ1) is 22.4. The van der Waals surface area contributed by atoms with Gasteiger partial charge in [0.05, 0.1) is 5.92 Å². The topological polar surface area (TPSA) is 117 Å². The second-order valence-electron chi connectivity index (χ2n) is 10.4. The van der Waals surface area contributed by atoms with E-state index >= 15 is 0 Å². The van der Waals surface area contributed by atoms with Gasteiger partial charge >= 0.3 is 18.0 Å². The van der Waals surface area contributed by atoms with Crippen LogP contribution in [0, 0.1) is 28.1 Å². The Labute approximate surface area is 177 Å². The van der Waals surface area contributed by atoms with Crippen LogP contribution in [0.3, 0.4) is 0 Å². The average Bonchev–Trinajstić information content (AvgIpc) is 3.15. The number of hydrogen-bond donors (Lipinski definition) is 1. The number of imide groups is 1. The van der Waals surface area contributed by atoms with E-state index in [1.54, 1.807) is 20.8 Å². The second kappa shape index (κ2) is 7.42. The molecule has 30 heavy (non-hydrogen) atoms. The van der Waals surface area contributed by atoms with E-state index in [0.717, 1.165) is 17.7 Å². The van der Waals surface area contributed by atoms with Gasteiger partial charge in [-0.25, -0.2) is 14.5 Å². The fraction of sp³-hybridized carbons (Fsp3) is 0.810. The maximum atomic E-state index is 12.8. The average molecular weight is 421 g/mol. The number of nitrogens with one attached hydrogen (secondary N) is 1. The van der Waals surface area contributed by atoms with Gasteiger partial charge in [0.25, 0.3) is 0 Å². The molecule has 1 N–H and O–H groups in total. The highest BCUT2D eigenvalue weighted by Gasteiger charge is 2.63. The van der Waals surface area contributed by atoms with E-state index in [2.05, 4.69) is 36.3 Å². The number of esters is 1. The highest BCUT2D eigenvalue weighted by molar-refractivity contribution is 5.98. The number of hydrogen-bond acceptors (Lipinski definition) is 5. The van der Waals surface area contributed by atoms with E-state index in [9.17, 15) is 19.2 Å². The third-order valence-corrected chi connectivity index (χ3v) is 7.89. The Morgan fingerprint density at radius 3 is 2.33 bits per heavy atom. The predicted molar refractivity (Wildman–Crippen MR) is 107 cm³/mol. The molecule has 0 saturated heterocycles. The third kappa shape index (κ3) is 3.63. The van der Waals surface area contributed by atoms with Crippen molar-refractivity contribution in [2.75, 3.05) is 6.67 Å². The summed E-state index contributed by atoms with van der Waals surface area (Å²) < 4.78 is 5.95. The number of carbonyl (C=O) groups is 4. The molecular formula is C21H32N4O5. The molecule has 1 heterocycles. The van der Waals surface area contributed by atoms with Crippen LogP contribution >= 0.6 is 0 Å². The van der Waals surface area contributed by atoms with Gasteiger partial charge in [-0.15, -0.1) is 0 Å². The summed E-state index contributed by atoms with van der Waals surface area (Å²) in [6.45, 7) is 11.7. The fourth-order valence-corrected chi connectivity index (χ4v) is 5.31. The summed E-state index contributed by atoms with van der Waals surface area (Å²) in [7, 11) is 0. The number of ether oxygens (including phenoxy) is 1. The van der Waals surface area contributed by atoms with Gasteiger partial charge in [0.2, 0.25) is 5.91 Å². The number of nitrogens with zero attached hydrogens (tertiary/aromatic N) is 3. The smallest absolute Gasteiger partial charge is 0.372 e. The van der Waals surface area contributed by atoms with Crippen molar-refractivity contribution in [2.24, 2.45) is 38.3 Å². The molecule has 3 unspecified atom stereocenters. The first-order valence-electron chi connectivity index (χ1n) is 10.6. The van der Waals surface area contributed by atoms with Crippen LogP contribution in [0.5, 0.6) is 0 Å². The van der Waals surface area contributed by atoms with Gasteiger partial charge in [0.1, 0.15) is 12.8 Å². The zero-order chi connectivity index (χ0) is 22.5. The van der Waals surface area contributed by atoms with Gasteiger partial charge in [-0.2, -0.15) is 0 Å². The SMILES string of the molecule is CC(CC(C)(C)C(=O)NCN1C(=O)N=NC1=O)C(=O)OC1CC2CC[C@]1(C)C2(C)C. The normalized spacial score (nSPS) is 30.7. The van der Waals surface area contributed by atoms with Crippen LogP contribution < -0.4 is 5.32 Å². The Morgan fingerprint density at radius 2 is 1.83 bits per heavy atom. The molecular weight excluding hydrogens is 388 g/mol. The highest BCUT2D eigenvalue weighted by atomic mass is 16.5. The summed E-state index contributed by atoms with van der Waals surface area (Å²) >= 11 is 0. The van der Waals surface area contributed by atoms with Crippen molar-refractivity contribution in [1.82, 2.24) is 10.2 Å². The molecule has 9 heteroatoms. The maximum absolute atomic E-state index is 12.8. The molecule has 0 aromatic carbocycles. The number of azo groups is 1. The van der Waals surface area contributed by atoms with E-state index < -0.39 is 23.4 Å². The largest absolute Gasteiger partial charge is 0.462 e. The van der Waals surface area contributed by atoms with Crippen LogP contribution in [0.1, 0.15) is 67.2 Å². The molecule has 0 aromatic heterocycles. The monoisotopic (exact) mass is 420 g/mol. The zero-order valence-electron chi connectivity index (χ0n) is 18.7. The first-order valence-corrected chi connectivity index (χ1v) is 10.6. The standard InChI is InChI=1S/C21H32N4O5/c1-12(15(26)30-14-9-13-7-8-21(14,6)20(13,4)5)10-19(2,3)16(27)22-11-25-17(28)23-24-18(25)29/h12-14H,7-11H2,1-6H3,(H,22,27)/t12?,13?,14?,21-/m0/s1. The minimum absolute atomic E-state index is 0.00908. The molecule has 2 fully saturated rings. The van der Waals surface area contributed by atoms with Gasteiger partial charge < -0.3 is 10.1 Å². The molecule has 0 radical (unpaired) electrons. The van der Waals surface area contributed by atoms with Crippen LogP contribution in [0.25, 0.3) is 0 Å². The molecule has 2 saturated carbocycles. The summed E-state index contributed by atoms with van der Waals surface area (Å²) in [5.41, 5.74) is -0.745. The molecule has 2 aliphatic carbocycles. The summed E-state index contributed by atoms with van der Waals surface area (Å²) in [4.78, 5) is 49.0. The summed E-state index contributed by atoms with van der Waals surface area (Å²) in [6, 6.07) is -1.62. The lowest BCUT2D eigenvalue weighted by Gasteiger charge is -2.39. The Morgan fingerprint density at radius 1 is 1.23 bits per heavy atom. The van der Waals surface area contributed by atoms with Crippen LogP contribution in [0.4, 0.5) is 9.59 Å². The van der Waals surface area contributed by atoms with Crippen LogP contribution in [0.15, 0.2) is 10.2 Å². The van der Waals surface area contributed by atoms with Crippen molar-refractivity contribution < 1.29 is 23.9 Å². The molecule has 0 spiro atoms. The molecule has 0 aromatic rings. The summed E-state index contributed by atoms with van der Waals surface area (Å²) in [5.74, 6) is -0.542. The Hall–Kier alpha value is -2.32.